The summed E-state index contributed by atoms with van der Waals surface area (Å²) in [5, 5.41) is 5.57. The average Bonchev–Trinajstić information content (AvgIpc) is 3.39. The zero-order chi connectivity index (χ0) is 18.0. The summed E-state index contributed by atoms with van der Waals surface area (Å²) in [7, 11) is -3.65. The van der Waals surface area contributed by atoms with Crippen molar-refractivity contribution in [1.82, 2.24) is 9.62 Å². The van der Waals surface area contributed by atoms with Crippen molar-refractivity contribution in [2.45, 2.75) is 43.5 Å². The standard InChI is InChI=1S/C17H23N3O4S/c1-12(21)18-14-6-8-16(9-7-14)25(23,24)20-10-2-3-13(11-20)17(22)19-15-4-5-15/h6-9,13,15H,2-5,10-11H2,1H3,(H,18,21)(H,19,22). The van der Waals surface area contributed by atoms with Gasteiger partial charge in [-0.05, 0) is 49.9 Å². The van der Waals surface area contributed by atoms with Crippen LogP contribution in [0.25, 0.3) is 0 Å². The predicted molar refractivity (Wildman–Crippen MR) is 93.4 cm³/mol. The van der Waals surface area contributed by atoms with Gasteiger partial charge in [0.1, 0.15) is 0 Å². The van der Waals surface area contributed by atoms with Crippen LogP contribution in [0.4, 0.5) is 5.69 Å². The maximum absolute atomic E-state index is 12.8. The summed E-state index contributed by atoms with van der Waals surface area (Å²) >= 11 is 0. The first-order chi connectivity index (χ1) is 11.9. The van der Waals surface area contributed by atoms with Crippen molar-refractivity contribution >= 4 is 27.5 Å². The van der Waals surface area contributed by atoms with E-state index in [0.29, 0.717) is 25.1 Å². The monoisotopic (exact) mass is 365 g/mol. The number of nitrogens with one attached hydrogen (secondary N) is 2. The maximum atomic E-state index is 12.8. The van der Waals surface area contributed by atoms with E-state index in [0.717, 1.165) is 12.8 Å². The topological polar surface area (TPSA) is 95.6 Å². The Kier molecular flexibility index (Phi) is 5.10. The van der Waals surface area contributed by atoms with Crippen molar-refractivity contribution in [1.29, 1.82) is 0 Å². The van der Waals surface area contributed by atoms with Gasteiger partial charge in [-0.2, -0.15) is 4.31 Å². The van der Waals surface area contributed by atoms with Gasteiger partial charge in [0.15, 0.2) is 0 Å². The van der Waals surface area contributed by atoms with Gasteiger partial charge in [0.25, 0.3) is 0 Å². The number of carbonyl (C=O) groups excluding carboxylic acids is 2. The molecule has 0 radical (unpaired) electrons. The molecule has 2 N–H and O–H groups in total. The summed E-state index contributed by atoms with van der Waals surface area (Å²) in [6.07, 6.45) is 3.42. The number of rotatable bonds is 5. The van der Waals surface area contributed by atoms with Crippen LogP contribution in [0.5, 0.6) is 0 Å². The molecule has 1 aliphatic carbocycles. The predicted octanol–water partition coefficient (Wildman–Crippen LogP) is 1.32. The van der Waals surface area contributed by atoms with Gasteiger partial charge >= 0.3 is 0 Å². The van der Waals surface area contributed by atoms with Gasteiger partial charge in [-0.15, -0.1) is 0 Å². The van der Waals surface area contributed by atoms with E-state index in [2.05, 4.69) is 10.6 Å². The summed E-state index contributed by atoms with van der Waals surface area (Å²) in [5.41, 5.74) is 0.548. The third-order valence-corrected chi connectivity index (χ3v) is 6.37. The van der Waals surface area contributed by atoms with Crippen molar-refractivity contribution in [3.63, 3.8) is 0 Å². The van der Waals surface area contributed by atoms with Gasteiger partial charge in [-0.1, -0.05) is 0 Å². The molecule has 8 heteroatoms. The average molecular weight is 365 g/mol. The van der Waals surface area contributed by atoms with E-state index in [-0.39, 0.29) is 35.2 Å². The molecule has 1 aromatic rings. The fraction of sp³-hybridized carbons (Fsp3) is 0.529. The van der Waals surface area contributed by atoms with E-state index >= 15 is 0 Å². The SMILES string of the molecule is CC(=O)Nc1ccc(S(=O)(=O)N2CCCC(C(=O)NC3CC3)C2)cc1. The second kappa shape index (κ2) is 7.13. The minimum Gasteiger partial charge on any atom is -0.353 e. The summed E-state index contributed by atoms with van der Waals surface area (Å²) in [6.45, 7) is 2.03. The molecule has 2 amide bonds. The summed E-state index contributed by atoms with van der Waals surface area (Å²) in [5.74, 6) is -0.540. The van der Waals surface area contributed by atoms with Crippen LogP contribution in [-0.4, -0.2) is 43.7 Å². The molecule has 0 aromatic heterocycles. The van der Waals surface area contributed by atoms with Crippen LogP contribution in [0, 0.1) is 5.92 Å². The Bertz CT molecular complexity index is 757. The lowest BCUT2D eigenvalue weighted by Crippen LogP contribution is -2.45. The number of nitrogens with zero attached hydrogens (tertiary/aromatic N) is 1. The Hall–Kier alpha value is -1.93. The highest BCUT2D eigenvalue weighted by Crippen LogP contribution is 2.26. The molecular formula is C17H23N3O4S. The fourth-order valence-corrected chi connectivity index (χ4v) is 4.51. The molecule has 1 aromatic carbocycles. The molecule has 1 atom stereocenters. The third kappa shape index (κ3) is 4.38. The second-order valence-electron chi connectivity index (χ2n) is 6.69. The lowest BCUT2D eigenvalue weighted by molar-refractivity contribution is -0.126. The molecular weight excluding hydrogens is 342 g/mol. The van der Waals surface area contributed by atoms with Crippen LogP contribution in [0.1, 0.15) is 32.6 Å². The molecule has 136 valence electrons. The minimum atomic E-state index is -3.65. The lowest BCUT2D eigenvalue weighted by Gasteiger charge is -2.31. The van der Waals surface area contributed by atoms with Crippen molar-refractivity contribution < 1.29 is 18.0 Å². The molecule has 1 heterocycles. The highest BCUT2D eigenvalue weighted by Gasteiger charge is 2.35. The minimum absolute atomic E-state index is 0.0385. The van der Waals surface area contributed by atoms with Crippen LogP contribution >= 0.6 is 0 Å². The molecule has 25 heavy (non-hydrogen) atoms. The van der Waals surface area contributed by atoms with Crippen LogP contribution in [0.3, 0.4) is 0 Å². The Morgan fingerprint density at radius 3 is 2.40 bits per heavy atom. The second-order valence-corrected chi connectivity index (χ2v) is 8.63. The zero-order valence-corrected chi connectivity index (χ0v) is 15.0. The van der Waals surface area contributed by atoms with Crippen molar-refractivity contribution in [2.24, 2.45) is 5.92 Å². The largest absolute Gasteiger partial charge is 0.353 e. The number of anilines is 1. The first-order valence-electron chi connectivity index (χ1n) is 8.54. The molecule has 3 rings (SSSR count). The van der Waals surface area contributed by atoms with Crippen LogP contribution in [-0.2, 0) is 19.6 Å². The van der Waals surface area contributed by atoms with Gasteiger partial charge in [0.2, 0.25) is 21.8 Å². The number of piperidine rings is 1. The van der Waals surface area contributed by atoms with E-state index in [4.69, 9.17) is 0 Å². The van der Waals surface area contributed by atoms with Gasteiger partial charge in [-0.25, -0.2) is 8.42 Å². The molecule has 0 spiro atoms. The number of hydrogen-bond acceptors (Lipinski definition) is 4. The quantitative estimate of drug-likeness (QED) is 0.823. The Morgan fingerprint density at radius 1 is 1.12 bits per heavy atom. The summed E-state index contributed by atoms with van der Waals surface area (Å²) < 4.78 is 27.1. The number of carbonyl (C=O) groups is 2. The molecule has 7 nitrogen and oxygen atoms in total. The highest BCUT2D eigenvalue weighted by atomic mass is 32.2. The van der Waals surface area contributed by atoms with Crippen LogP contribution in [0.2, 0.25) is 0 Å². The first-order valence-corrected chi connectivity index (χ1v) is 9.98. The van der Waals surface area contributed by atoms with Crippen molar-refractivity contribution in [3.8, 4) is 0 Å². The van der Waals surface area contributed by atoms with E-state index in [1.54, 1.807) is 12.1 Å². The fourth-order valence-electron chi connectivity index (χ4n) is 2.98. The molecule has 1 aliphatic heterocycles. The highest BCUT2D eigenvalue weighted by molar-refractivity contribution is 7.89. The van der Waals surface area contributed by atoms with Gasteiger partial charge in [0, 0.05) is 31.7 Å². The number of benzene rings is 1. The van der Waals surface area contributed by atoms with Crippen molar-refractivity contribution in [3.05, 3.63) is 24.3 Å². The Balaban J connectivity index is 1.69. The number of hydrogen-bond donors (Lipinski definition) is 2. The molecule has 0 bridgehead atoms. The Labute approximate surface area is 147 Å². The molecule has 2 fully saturated rings. The van der Waals surface area contributed by atoms with E-state index < -0.39 is 10.0 Å². The van der Waals surface area contributed by atoms with Crippen molar-refractivity contribution in [2.75, 3.05) is 18.4 Å². The zero-order valence-electron chi connectivity index (χ0n) is 14.2. The Morgan fingerprint density at radius 2 is 1.80 bits per heavy atom. The van der Waals surface area contributed by atoms with Gasteiger partial charge in [0.05, 0.1) is 10.8 Å². The summed E-state index contributed by atoms with van der Waals surface area (Å²) in [6, 6.07) is 6.37. The molecule has 2 aliphatic rings. The summed E-state index contributed by atoms with van der Waals surface area (Å²) in [4.78, 5) is 23.5. The molecule has 1 saturated carbocycles. The van der Waals surface area contributed by atoms with E-state index in [1.165, 1.54) is 23.4 Å². The first kappa shape index (κ1) is 17.9. The third-order valence-electron chi connectivity index (χ3n) is 4.49. The molecule has 1 saturated heterocycles. The number of amides is 2. The maximum Gasteiger partial charge on any atom is 0.243 e. The van der Waals surface area contributed by atoms with E-state index in [1.807, 2.05) is 0 Å². The van der Waals surface area contributed by atoms with Crippen LogP contribution in [0.15, 0.2) is 29.2 Å². The van der Waals surface area contributed by atoms with E-state index in [9.17, 15) is 18.0 Å². The van der Waals surface area contributed by atoms with Gasteiger partial charge in [-0.3, -0.25) is 9.59 Å². The molecule has 1 unspecified atom stereocenters. The lowest BCUT2D eigenvalue weighted by atomic mass is 9.99. The van der Waals surface area contributed by atoms with Crippen LogP contribution < -0.4 is 10.6 Å². The normalized spacial score (nSPS) is 21.6. The van der Waals surface area contributed by atoms with Gasteiger partial charge < -0.3 is 10.6 Å². The smallest absolute Gasteiger partial charge is 0.243 e. The number of sulfonamides is 1.